The Bertz CT molecular complexity index is 850. The minimum absolute atomic E-state index is 0.285. The summed E-state index contributed by atoms with van der Waals surface area (Å²) >= 11 is 3.31. The van der Waals surface area contributed by atoms with Crippen LogP contribution >= 0.6 is 15.9 Å². The second-order valence-corrected chi connectivity index (χ2v) is 7.10. The Hall–Kier alpha value is -2.67. The lowest BCUT2D eigenvalue weighted by molar-refractivity contribution is -0.142. The van der Waals surface area contributed by atoms with E-state index in [2.05, 4.69) is 21.2 Å². The Balaban J connectivity index is 2.06. The van der Waals surface area contributed by atoms with Gasteiger partial charge in [-0.15, -0.1) is 0 Å². The highest BCUT2D eigenvalue weighted by molar-refractivity contribution is 9.09. The van der Waals surface area contributed by atoms with Gasteiger partial charge in [-0.3, -0.25) is 4.79 Å². The third kappa shape index (κ3) is 7.34. The van der Waals surface area contributed by atoms with Gasteiger partial charge < -0.3 is 14.8 Å². The first kappa shape index (κ1) is 22.6. The van der Waals surface area contributed by atoms with Crippen LogP contribution in [-0.4, -0.2) is 36.8 Å². The van der Waals surface area contributed by atoms with Crippen LogP contribution in [0, 0.1) is 5.82 Å². The summed E-state index contributed by atoms with van der Waals surface area (Å²) in [6, 6.07) is 12.1. The molecule has 0 saturated heterocycles. The van der Waals surface area contributed by atoms with Gasteiger partial charge in [0, 0.05) is 29.1 Å². The van der Waals surface area contributed by atoms with Crippen LogP contribution in [0.25, 0.3) is 0 Å². The highest BCUT2D eigenvalue weighted by Crippen LogP contribution is 2.15. The van der Waals surface area contributed by atoms with Gasteiger partial charge in [-0.05, 0) is 48.9 Å². The number of alkyl halides is 1. The molecule has 0 heterocycles. The maximum atomic E-state index is 13.0. The predicted octanol–water partition coefficient (Wildman–Crippen LogP) is 4.06. The van der Waals surface area contributed by atoms with Crippen molar-refractivity contribution < 1.29 is 23.5 Å². The quantitative estimate of drug-likeness (QED) is 0.249. The number of esters is 1. The van der Waals surface area contributed by atoms with Crippen LogP contribution < -0.4 is 10.1 Å². The molecule has 0 saturated carbocycles. The molecule has 0 bridgehead atoms. The maximum absolute atomic E-state index is 13.0. The maximum Gasteiger partial charge on any atom is 0.328 e. The number of ketones is 1. The Kier molecular flexibility index (Phi) is 8.86. The van der Waals surface area contributed by atoms with E-state index in [1.54, 1.807) is 6.92 Å². The zero-order chi connectivity index (χ0) is 21.2. The number of hydrogen-bond donors (Lipinski definition) is 1. The lowest BCUT2D eigenvalue weighted by atomic mass is 10.0. The Morgan fingerprint density at radius 1 is 1.14 bits per heavy atom. The number of methoxy groups -OCH3 is 1. The molecule has 0 aromatic heterocycles. The van der Waals surface area contributed by atoms with E-state index >= 15 is 0 Å². The van der Waals surface area contributed by atoms with E-state index in [0.29, 0.717) is 24.3 Å². The molecule has 1 atom stereocenters. The number of allylic oxidation sites excluding steroid dienone is 2. The van der Waals surface area contributed by atoms with Gasteiger partial charge in [-0.2, -0.15) is 0 Å². The summed E-state index contributed by atoms with van der Waals surface area (Å²) in [6.07, 6.45) is 1.75. The van der Waals surface area contributed by atoms with Gasteiger partial charge in [-0.1, -0.05) is 28.1 Å². The summed E-state index contributed by atoms with van der Waals surface area (Å²) < 4.78 is 23.4. The zero-order valence-corrected chi connectivity index (χ0v) is 17.9. The van der Waals surface area contributed by atoms with Crippen LogP contribution in [0.4, 0.5) is 4.39 Å². The van der Waals surface area contributed by atoms with Crippen LogP contribution in [-0.2, 0) is 16.0 Å². The minimum Gasteiger partial charge on any atom is -0.493 e. The van der Waals surface area contributed by atoms with Crippen molar-refractivity contribution in [1.29, 1.82) is 0 Å². The number of nitrogens with one attached hydrogen (secondary N) is 1. The van der Waals surface area contributed by atoms with Gasteiger partial charge in [-0.25, -0.2) is 9.18 Å². The van der Waals surface area contributed by atoms with Crippen molar-refractivity contribution in [3.8, 4) is 5.75 Å². The summed E-state index contributed by atoms with van der Waals surface area (Å²) in [7, 11) is 1.32. The molecule has 5 nitrogen and oxygen atoms in total. The number of hydrogen-bond acceptors (Lipinski definition) is 5. The van der Waals surface area contributed by atoms with Crippen molar-refractivity contribution in [2.45, 2.75) is 19.4 Å². The fourth-order valence-corrected chi connectivity index (χ4v) is 2.82. The van der Waals surface area contributed by atoms with Crippen molar-refractivity contribution in [2.75, 3.05) is 19.0 Å². The third-order valence-corrected chi connectivity index (χ3v) is 4.40. The van der Waals surface area contributed by atoms with Crippen molar-refractivity contribution >= 4 is 27.7 Å². The van der Waals surface area contributed by atoms with Crippen molar-refractivity contribution in [1.82, 2.24) is 5.32 Å². The van der Waals surface area contributed by atoms with Crippen LogP contribution in [0.15, 0.2) is 60.3 Å². The molecule has 0 aliphatic carbocycles. The molecule has 2 aromatic carbocycles. The van der Waals surface area contributed by atoms with Crippen LogP contribution in [0.1, 0.15) is 22.8 Å². The van der Waals surface area contributed by atoms with E-state index in [0.717, 1.165) is 16.6 Å². The molecule has 0 amide bonds. The molecule has 0 radical (unpaired) electrons. The number of carbonyl (C=O) groups excluding carboxylic acids is 2. The average molecular weight is 464 g/mol. The molecule has 7 heteroatoms. The summed E-state index contributed by atoms with van der Waals surface area (Å²) in [6.45, 7) is 2.26. The normalized spacial score (nSPS) is 12.2. The smallest absolute Gasteiger partial charge is 0.328 e. The minimum atomic E-state index is -0.661. The standard InChI is InChI=1S/C22H23BrFNO4/c1-15(13-21(26)17-5-7-18(24)8-6-17)25-20(22(27)28-2)14-16-3-9-19(10-4-16)29-12-11-23/h3-10,13,20,25H,11-12,14H2,1-2H3/b15-13-. The molecule has 1 unspecified atom stereocenters. The number of carbonyl (C=O) groups is 2. The van der Waals surface area contributed by atoms with Crippen molar-refractivity contribution in [3.63, 3.8) is 0 Å². The highest BCUT2D eigenvalue weighted by atomic mass is 79.9. The molecule has 0 fully saturated rings. The Labute approximate surface area is 178 Å². The zero-order valence-electron chi connectivity index (χ0n) is 16.3. The third-order valence-electron chi connectivity index (χ3n) is 4.07. The summed E-state index contributed by atoms with van der Waals surface area (Å²) in [5.74, 6) is -0.384. The molecule has 29 heavy (non-hydrogen) atoms. The first-order valence-electron chi connectivity index (χ1n) is 9.03. The first-order chi connectivity index (χ1) is 13.9. The fraction of sp³-hybridized carbons (Fsp3) is 0.273. The molecule has 0 aliphatic rings. The van der Waals surface area contributed by atoms with Crippen LogP contribution in [0.5, 0.6) is 5.75 Å². The van der Waals surface area contributed by atoms with Crippen molar-refractivity contribution in [3.05, 3.63) is 77.2 Å². The monoisotopic (exact) mass is 463 g/mol. The lowest BCUT2D eigenvalue weighted by Gasteiger charge is -2.18. The van der Waals surface area contributed by atoms with Gasteiger partial charge >= 0.3 is 5.97 Å². The van der Waals surface area contributed by atoms with Crippen molar-refractivity contribution in [2.24, 2.45) is 0 Å². The summed E-state index contributed by atoms with van der Waals surface area (Å²) in [5.41, 5.74) is 1.78. The molecular formula is C22H23BrFNO4. The predicted molar refractivity (Wildman–Crippen MR) is 113 cm³/mol. The molecular weight excluding hydrogens is 441 g/mol. The average Bonchev–Trinajstić information content (AvgIpc) is 2.72. The van der Waals surface area contributed by atoms with E-state index in [1.807, 2.05) is 24.3 Å². The van der Waals surface area contributed by atoms with E-state index in [4.69, 9.17) is 9.47 Å². The number of benzene rings is 2. The molecule has 1 N–H and O–H groups in total. The molecule has 154 valence electrons. The van der Waals surface area contributed by atoms with Gasteiger partial charge in [0.25, 0.3) is 0 Å². The van der Waals surface area contributed by atoms with E-state index in [1.165, 1.54) is 37.5 Å². The van der Waals surface area contributed by atoms with Crippen LogP contribution in [0.2, 0.25) is 0 Å². The summed E-state index contributed by atoms with van der Waals surface area (Å²) in [5, 5.41) is 3.77. The Morgan fingerprint density at radius 2 is 1.79 bits per heavy atom. The lowest BCUT2D eigenvalue weighted by Crippen LogP contribution is -2.38. The second-order valence-electron chi connectivity index (χ2n) is 6.30. The first-order valence-corrected chi connectivity index (χ1v) is 10.2. The second kappa shape index (κ2) is 11.4. The van der Waals surface area contributed by atoms with Gasteiger partial charge in [0.1, 0.15) is 17.6 Å². The number of ether oxygens (including phenoxy) is 2. The SMILES string of the molecule is COC(=O)C(Cc1ccc(OCCBr)cc1)N/C(C)=C\C(=O)c1ccc(F)cc1. The van der Waals surface area contributed by atoms with Gasteiger partial charge in [0.2, 0.25) is 0 Å². The highest BCUT2D eigenvalue weighted by Gasteiger charge is 2.20. The molecule has 2 rings (SSSR count). The molecule has 2 aromatic rings. The van der Waals surface area contributed by atoms with E-state index < -0.39 is 17.8 Å². The Morgan fingerprint density at radius 3 is 2.38 bits per heavy atom. The van der Waals surface area contributed by atoms with Crippen LogP contribution in [0.3, 0.4) is 0 Å². The molecule has 0 spiro atoms. The largest absolute Gasteiger partial charge is 0.493 e. The van der Waals surface area contributed by atoms with Gasteiger partial charge in [0.05, 0.1) is 13.7 Å². The fourth-order valence-electron chi connectivity index (χ4n) is 2.66. The summed E-state index contributed by atoms with van der Waals surface area (Å²) in [4.78, 5) is 24.5. The van der Waals surface area contributed by atoms with E-state index in [9.17, 15) is 14.0 Å². The van der Waals surface area contributed by atoms with Gasteiger partial charge in [0.15, 0.2) is 5.78 Å². The molecule has 0 aliphatic heterocycles. The number of halogens is 2. The number of rotatable bonds is 10. The topological polar surface area (TPSA) is 64.6 Å². The van der Waals surface area contributed by atoms with E-state index in [-0.39, 0.29) is 5.78 Å².